The molecule has 1 N–H and O–H groups in total. The Balaban J connectivity index is 2.49. The summed E-state index contributed by atoms with van der Waals surface area (Å²) in [6.07, 6.45) is 6.62. The Morgan fingerprint density at radius 1 is 1.24 bits per heavy atom. The number of piperazine rings is 1. The van der Waals surface area contributed by atoms with Gasteiger partial charge in [-0.15, -0.1) is 0 Å². The van der Waals surface area contributed by atoms with Gasteiger partial charge in [-0.25, -0.2) is 0 Å². The van der Waals surface area contributed by atoms with E-state index in [-0.39, 0.29) is 0 Å². The first-order valence-corrected chi connectivity index (χ1v) is 7.70. The van der Waals surface area contributed by atoms with Crippen molar-refractivity contribution in [3.63, 3.8) is 0 Å². The van der Waals surface area contributed by atoms with Crippen molar-refractivity contribution in [1.82, 2.24) is 10.2 Å². The quantitative estimate of drug-likeness (QED) is 0.735. The highest BCUT2D eigenvalue weighted by Gasteiger charge is 2.28. The Hall–Kier alpha value is -0.0800. The predicted octanol–water partition coefficient (Wildman–Crippen LogP) is 3.28. The lowest BCUT2D eigenvalue weighted by molar-refractivity contribution is 0.101. The van der Waals surface area contributed by atoms with Crippen LogP contribution in [-0.4, -0.2) is 36.6 Å². The molecule has 0 aromatic heterocycles. The summed E-state index contributed by atoms with van der Waals surface area (Å²) >= 11 is 0. The highest BCUT2D eigenvalue weighted by Crippen LogP contribution is 2.18. The van der Waals surface area contributed by atoms with Crippen LogP contribution in [0, 0.1) is 5.92 Å². The molecule has 0 aromatic carbocycles. The van der Waals surface area contributed by atoms with Crippen molar-refractivity contribution in [1.29, 1.82) is 0 Å². The second-order valence-corrected chi connectivity index (χ2v) is 5.69. The van der Waals surface area contributed by atoms with Gasteiger partial charge in [0.1, 0.15) is 0 Å². The number of nitrogens with one attached hydrogen (secondary N) is 1. The normalized spacial score (nSPS) is 28.2. The van der Waals surface area contributed by atoms with Crippen LogP contribution in [0.2, 0.25) is 0 Å². The SMILES string of the molecule is CCCCN1CC(C(C)CC)NCC1CCC. The van der Waals surface area contributed by atoms with Gasteiger partial charge in [0.15, 0.2) is 0 Å². The van der Waals surface area contributed by atoms with Crippen molar-refractivity contribution in [3.05, 3.63) is 0 Å². The second kappa shape index (κ2) is 8.10. The molecule has 1 fully saturated rings. The fraction of sp³-hybridized carbons (Fsp3) is 1.00. The molecule has 1 aliphatic heterocycles. The zero-order valence-electron chi connectivity index (χ0n) is 12.3. The maximum absolute atomic E-state index is 3.77. The van der Waals surface area contributed by atoms with Crippen molar-refractivity contribution < 1.29 is 0 Å². The van der Waals surface area contributed by atoms with Crippen molar-refractivity contribution in [2.45, 2.75) is 71.9 Å². The standard InChI is InChI=1S/C15H32N2/c1-5-8-10-17-12-15(13(4)7-3)16-11-14(17)9-6-2/h13-16H,5-12H2,1-4H3. The molecule has 2 heteroatoms. The largest absolute Gasteiger partial charge is 0.311 e. The van der Waals surface area contributed by atoms with Gasteiger partial charge in [-0.05, 0) is 25.3 Å². The molecule has 0 aliphatic carbocycles. The molecule has 0 spiro atoms. The fourth-order valence-electron chi connectivity index (χ4n) is 2.80. The molecule has 0 aromatic rings. The van der Waals surface area contributed by atoms with Gasteiger partial charge in [0, 0.05) is 25.2 Å². The molecule has 0 amide bonds. The first kappa shape index (κ1) is 15.0. The zero-order valence-corrected chi connectivity index (χ0v) is 12.3. The third kappa shape index (κ3) is 4.59. The summed E-state index contributed by atoms with van der Waals surface area (Å²) in [4.78, 5) is 2.75. The lowest BCUT2D eigenvalue weighted by Crippen LogP contribution is -2.58. The molecular formula is C15H32N2. The number of unbranched alkanes of at least 4 members (excludes halogenated alkanes) is 1. The van der Waals surface area contributed by atoms with Crippen molar-refractivity contribution >= 4 is 0 Å². The lowest BCUT2D eigenvalue weighted by atomic mass is 9.94. The van der Waals surface area contributed by atoms with Crippen LogP contribution in [0.3, 0.4) is 0 Å². The van der Waals surface area contributed by atoms with Crippen molar-refractivity contribution in [3.8, 4) is 0 Å². The van der Waals surface area contributed by atoms with Crippen LogP contribution in [0.5, 0.6) is 0 Å². The van der Waals surface area contributed by atoms with E-state index >= 15 is 0 Å². The third-order valence-corrected chi connectivity index (χ3v) is 4.31. The van der Waals surface area contributed by atoms with E-state index in [1.54, 1.807) is 0 Å². The molecule has 1 rings (SSSR count). The van der Waals surface area contributed by atoms with E-state index in [9.17, 15) is 0 Å². The van der Waals surface area contributed by atoms with Gasteiger partial charge in [0.05, 0.1) is 0 Å². The molecule has 0 radical (unpaired) electrons. The highest BCUT2D eigenvalue weighted by molar-refractivity contribution is 4.87. The predicted molar refractivity (Wildman–Crippen MR) is 76.4 cm³/mol. The van der Waals surface area contributed by atoms with Crippen LogP contribution in [0.4, 0.5) is 0 Å². The Labute approximate surface area is 108 Å². The van der Waals surface area contributed by atoms with E-state index < -0.39 is 0 Å². The molecule has 1 heterocycles. The molecule has 17 heavy (non-hydrogen) atoms. The zero-order chi connectivity index (χ0) is 12.7. The van der Waals surface area contributed by atoms with Gasteiger partial charge in [-0.3, -0.25) is 4.90 Å². The van der Waals surface area contributed by atoms with Gasteiger partial charge in [-0.2, -0.15) is 0 Å². The van der Waals surface area contributed by atoms with Crippen LogP contribution < -0.4 is 5.32 Å². The molecule has 102 valence electrons. The Morgan fingerprint density at radius 2 is 2.00 bits per heavy atom. The molecule has 0 saturated carbocycles. The minimum absolute atomic E-state index is 0.713. The van der Waals surface area contributed by atoms with Gasteiger partial charge in [0.2, 0.25) is 0 Å². The van der Waals surface area contributed by atoms with E-state index in [1.165, 1.54) is 51.7 Å². The molecule has 3 atom stereocenters. The first-order valence-electron chi connectivity index (χ1n) is 7.70. The molecule has 1 aliphatic rings. The maximum atomic E-state index is 3.77. The van der Waals surface area contributed by atoms with Crippen molar-refractivity contribution in [2.24, 2.45) is 5.92 Å². The number of hydrogen-bond donors (Lipinski definition) is 1. The van der Waals surface area contributed by atoms with E-state index in [0.29, 0.717) is 6.04 Å². The van der Waals surface area contributed by atoms with Crippen LogP contribution in [0.1, 0.15) is 59.8 Å². The summed E-state index contributed by atoms with van der Waals surface area (Å²) in [5, 5.41) is 3.77. The Bertz CT molecular complexity index is 193. The highest BCUT2D eigenvalue weighted by atomic mass is 15.2. The molecule has 0 bridgehead atoms. The lowest BCUT2D eigenvalue weighted by Gasteiger charge is -2.42. The summed E-state index contributed by atoms with van der Waals surface area (Å²) < 4.78 is 0. The summed E-state index contributed by atoms with van der Waals surface area (Å²) in [5.41, 5.74) is 0. The molecule has 2 nitrogen and oxygen atoms in total. The minimum atomic E-state index is 0.713. The number of nitrogens with zero attached hydrogens (tertiary/aromatic N) is 1. The molecule has 1 saturated heterocycles. The summed E-state index contributed by atoms with van der Waals surface area (Å²) in [7, 11) is 0. The minimum Gasteiger partial charge on any atom is -0.311 e. The van der Waals surface area contributed by atoms with Crippen LogP contribution in [0.25, 0.3) is 0 Å². The summed E-state index contributed by atoms with van der Waals surface area (Å²) in [6, 6.07) is 1.50. The van der Waals surface area contributed by atoms with Crippen LogP contribution in [-0.2, 0) is 0 Å². The maximum Gasteiger partial charge on any atom is 0.0221 e. The third-order valence-electron chi connectivity index (χ3n) is 4.31. The van der Waals surface area contributed by atoms with Gasteiger partial charge in [-0.1, -0.05) is 47.0 Å². The first-order chi connectivity index (χ1) is 8.22. The smallest absolute Gasteiger partial charge is 0.0221 e. The second-order valence-electron chi connectivity index (χ2n) is 5.69. The Morgan fingerprint density at radius 3 is 2.59 bits per heavy atom. The summed E-state index contributed by atoms with van der Waals surface area (Å²) in [6.45, 7) is 13.1. The van der Waals surface area contributed by atoms with E-state index in [0.717, 1.165) is 12.0 Å². The average Bonchev–Trinajstić information content (AvgIpc) is 2.37. The molecular weight excluding hydrogens is 208 g/mol. The van der Waals surface area contributed by atoms with Crippen LogP contribution >= 0.6 is 0 Å². The van der Waals surface area contributed by atoms with E-state index in [1.807, 2.05) is 0 Å². The number of rotatable bonds is 7. The van der Waals surface area contributed by atoms with Gasteiger partial charge >= 0.3 is 0 Å². The summed E-state index contributed by atoms with van der Waals surface area (Å²) in [5.74, 6) is 0.807. The van der Waals surface area contributed by atoms with Crippen LogP contribution in [0.15, 0.2) is 0 Å². The Kier molecular flexibility index (Phi) is 7.14. The van der Waals surface area contributed by atoms with Gasteiger partial charge < -0.3 is 5.32 Å². The van der Waals surface area contributed by atoms with Gasteiger partial charge in [0.25, 0.3) is 0 Å². The monoisotopic (exact) mass is 240 g/mol. The van der Waals surface area contributed by atoms with Crippen molar-refractivity contribution in [2.75, 3.05) is 19.6 Å². The molecule has 3 unspecified atom stereocenters. The van der Waals surface area contributed by atoms with E-state index in [2.05, 4.69) is 37.9 Å². The topological polar surface area (TPSA) is 15.3 Å². The fourth-order valence-corrected chi connectivity index (χ4v) is 2.80. The average molecular weight is 240 g/mol. The number of hydrogen-bond acceptors (Lipinski definition) is 2. The van der Waals surface area contributed by atoms with E-state index in [4.69, 9.17) is 0 Å².